The van der Waals surface area contributed by atoms with E-state index in [-0.39, 0.29) is 5.56 Å². The summed E-state index contributed by atoms with van der Waals surface area (Å²) in [5.41, 5.74) is 0.319. The second-order valence-corrected chi connectivity index (χ2v) is 3.18. The molecule has 1 heterocycles. The van der Waals surface area contributed by atoms with Crippen molar-refractivity contribution in [2.45, 2.75) is 6.92 Å². The van der Waals surface area contributed by atoms with Gasteiger partial charge in [0.25, 0.3) is 5.56 Å². The molecule has 0 saturated heterocycles. The number of nitrogens with zero attached hydrogens (tertiary/aromatic N) is 2. The van der Waals surface area contributed by atoms with Crippen LogP contribution in [-0.2, 0) is 7.05 Å². The smallest absolute Gasteiger partial charge is 0.261 e. The molecule has 0 unspecified atom stereocenters. The van der Waals surface area contributed by atoms with E-state index in [1.165, 1.54) is 22.8 Å². The van der Waals surface area contributed by atoms with Crippen LogP contribution in [0, 0.1) is 12.7 Å². The Morgan fingerprint density at radius 3 is 2.86 bits per heavy atom. The van der Waals surface area contributed by atoms with Gasteiger partial charge in [-0.1, -0.05) is 0 Å². The SMILES string of the molecule is Cc1nc2ccc(F)cc2c(=O)n1C. The maximum absolute atomic E-state index is 12.9. The molecule has 14 heavy (non-hydrogen) atoms. The van der Waals surface area contributed by atoms with Gasteiger partial charge in [0.2, 0.25) is 0 Å². The third-order valence-corrected chi connectivity index (χ3v) is 2.26. The molecule has 0 aliphatic heterocycles. The highest BCUT2D eigenvalue weighted by molar-refractivity contribution is 5.77. The topological polar surface area (TPSA) is 34.9 Å². The fourth-order valence-corrected chi connectivity index (χ4v) is 1.35. The Labute approximate surface area is 79.8 Å². The van der Waals surface area contributed by atoms with E-state index in [2.05, 4.69) is 4.98 Å². The first-order chi connectivity index (χ1) is 6.59. The van der Waals surface area contributed by atoms with E-state index in [1.54, 1.807) is 14.0 Å². The summed E-state index contributed by atoms with van der Waals surface area (Å²) in [7, 11) is 1.62. The van der Waals surface area contributed by atoms with Crippen LogP contribution in [0.25, 0.3) is 10.9 Å². The van der Waals surface area contributed by atoms with Crippen molar-refractivity contribution < 1.29 is 4.39 Å². The second kappa shape index (κ2) is 2.90. The summed E-state index contributed by atoms with van der Waals surface area (Å²) in [5.74, 6) is 0.203. The Hall–Kier alpha value is -1.71. The summed E-state index contributed by atoms with van der Waals surface area (Å²) in [4.78, 5) is 15.8. The first kappa shape index (κ1) is 8.87. The van der Waals surface area contributed by atoms with Crippen LogP contribution in [0.1, 0.15) is 5.82 Å². The van der Waals surface area contributed by atoms with Crippen LogP contribution in [0.3, 0.4) is 0 Å². The Morgan fingerprint density at radius 2 is 2.14 bits per heavy atom. The molecule has 0 spiro atoms. The van der Waals surface area contributed by atoms with E-state index in [0.29, 0.717) is 16.7 Å². The van der Waals surface area contributed by atoms with E-state index in [9.17, 15) is 9.18 Å². The van der Waals surface area contributed by atoms with E-state index in [1.807, 2.05) is 0 Å². The molecule has 2 aromatic rings. The summed E-state index contributed by atoms with van der Waals surface area (Å²) < 4.78 is 14.3. The molecule has 0 aliphatic carbocycles. The maximum Gasteiger partial charge on any atom is 0.261 e. The Balaban J connectivity index is 2.99. The van der Waals surface area contributed by atoms with Crippen LogP contribution in [0.2, 0.25) is 0 Å². The molecule has 0 radical (unpaired) electrons. The summed E-state index contributed by atoms with van der Waals surface area (Å²) in [6.07, 6.45) is 0. The molecular formula is C10H9FN2O. The van der Waals surface area contributed by atoms with Crippen LogP contribution >= 0.6 is 0 Å². The van der Waals surface area contributed by atoms with E-state index < -0.39 is 5.82 Å². The first-order valence-electron chi connectivity index (χ1n) is 4.22. The second-order valence-electron chi connectivity index (χ2n) is 3.18. The van der Waals surface area contributed by atoms with Gasteiger partial charge < -0.3 is 0 Å². The minimum atomic E-state index is -0.416. The Bertz CT molecular complexity index is 560. The fraction of sp³-hybridized carbons (Fsp3) is 0.200. The predicted molar refractivity (Wildman–Crippen MR) is 51.7 cm³/mol. The number of hydrogen-bond acceptors (Lipinski definition) is 2. The van der Waals surface area contributed by atoms with Crippen molar-refractivity contribution in [1.82, 2.24) is 9.55 Å². The summed E-state index contributed by atoms with van der Waals surface area (Å²) in [6, 6.07) is 4.03. The lowest BCUT2D eigenvalue weighted by atomic mass is 10.2. The fourth-order valence-electron chi connectivity index (χ4n) is 1.35. The van der Waals surface area contributed by atoms with Gasteiger partial charge >= 0.3 is 0 Å². The Morgan fingerprint density at radius 1 is 1.43 bits per heavy atom. The van der Waals surface area contributed by atoms with Crippen molar-refractivity contribution in [2.24, 2.45) is 7.05 Å². The van der Waals surface area contributed by atoms with Crippen LogP contribution in [0.4, 0.5) is 4.39 Å². The van der Waals surface area contributed by atoms with Gasteiger partial charge in [0, 0.05) is 7.05 Å². The monoisotopic (exact) mass is 192 g/mol. The van der Waals surface area contributed by atoms with E-state index in [0.717, 1.165) is 0 Å². The normalized spacial score (nSPS) is 10.8. The molecule has 2 rings (SSSR count). The first-order valence-corrected chi connectivity index (χ1v) is 4.22. The van der Waals surface area contributed by atoms with Crippen LogP contribution in [0.15, 0.2) is 23.0 Å². The van der Waals surface area contributed by atoms with Gasteiger partial charge in [-0.2, -0.15) is 0 Å². The highest BCUT2D eigenvalue weighted by Crippen LogP contribution is 2.09. The average Bonchev–Trinajstić information content (AvgIpc) is 2.16. The zero-order valence-electron chi connectivity index (χ0n) is 7.91. The van der Waals surface area contributed by atoms with Gasteiger partial charge in [0.05, 0.1) is 10.9 Å². The van der Waals surface area contributed by atoms with Crippen LogP contribution in [-0.4, -0.2) is 9.55 Å². The number of hydrogen-bond donors (Lipinski definition) is 0. The maximum atomic E-state index is 12.9. The van der Waals surface area contributed by atoms with Crippen molar-refractivity contribution in [3.05, 3.63) is 40.2 Å². The van der Waals surface area contributed by atoms with Gasteiger partial charge in [-0.05, 0) is 25.1 Å². The van der Waals surface area contributed by atoms with Gasteiger partial charge in [-0.15, -0.1) is 0 Å². The van der Waals surface area contributed by atoms with Gasteiger partial charge in [0.15, 0.2) is 0 Å². The third-order valence-electron chi connectivity index (χ3n) is 2.26. The molecule has 0 bridgehead atoms. The third kappa shape index (κ3) is 1.19. The molecule has 0 atom stereocenters. The molecule has 0 amide bonds. The predicted octanol–water partition coefficient (Wildman–Crippen LogP) is 1.38. The molecule has 1 aromatic heterocycles. The lowest BCUT2D eigenvalue weighted by Gasteiger charge is -2.04. The number of fused-ring (bicyclic) bond motifs is 1. The lowest BCUT2D eigenvalue weighted by molar-refractivity contribution is 0.629. The zero-order chi connectivity index (χ0) is 10.3. The Kier molecular flexibility index (Phi) is 1.84. The standard InChI is InChI=1S/C10H9FN2O/c1-6-12-9-4-3-7(11)5-8(9)10(14)13(6)2/h3-5H,1-2H3. The molecule has 4 heteroatoms. The highest BCUT2D eigenvalue weighted by Gasteiger charge is 2.05. The van der Waals surface area contributed by atoms with Crippen molar-refractivity contribution in [1.29, 1.82) is 0 Å². The molecule has 0 aliphatic rings. The molecule has 3 nitrogen and oxygen atoms in total. The summed E-state index contributed by atoms with van der Waals surface area (Å²) in [5, 5.41) is 0.318. The minimum absolute atomic E-state index is 0.216. The van der Waals surface area contributed by atoms with Gasteiger partial charge in [-0.25, -0.2) is 9.37 Å². The molecule has 72 valence electrons. The molecule has 1 aromatic carbocycles. The highest BCUT2D eigenvalue weighted by atomic mass is 19.1. The van der Waals surface area contributed by atoms with Crippen LogP contribution < -0.4 is 5.56 Å². The average molecular weight is 192 g/mol. The molecule has 0 saturated carbocycles. The van der Waals surface area contributed by atoms with Gasteiger partial charge in [0.1, 0.15) is 11.6 Å². The number of rotatable bonds is 0. The van der Waals surface area contributed by atoms with Crippen molar-refractivity contribution in [3.8, 4) is 0 Å². The number of aromatic nitrogens is 2. The van der Waals surface area contributed by atoms with Crippen LogP contribution in [0.5, 0.6) is 0 Å². The van der Waals surface area contributed by atoms with E-state index >= 15 is 0 Å². The largest absolute Gasteiger partial charge is 0.299 e. The number of halogens is 1. The van der Waals surface area contributed by atoms with Gasteiger partial charge in [-0.3, -0.25) is 9.36 Å². The minimum Gasteiger partial charge on any atom is -0.299 e. The lowest BCUT2D eigenvalue weighted by Crippen LogP contribution is -2.20. The van der Waals surface area contributed by atoms with Crippen molar-refractivity contribution in [2.75, 3.05) is 0 Å². The van der Waals surface area contributed by atoms with Crippen molar-refractivity contribution in [3.63, 3.8) is 0 Å². The summed E-state index contributed by atoms with van der Waals surface area (Å²) >= 11 is 0. The quantitative estimate of drug-likeness (QED) is 0.632. The zero-order valence-corrected chi connectivity index (χ0v) is 7.91. The number of aryl methyl sites for hydroxylation is 1. The number of benzene rings is 1. The summed E-state index contributed by atoms with van der Waals surface area (Å²) in [6.45, 7) is 1.74. The van der Waals surface area contributed by atoms with E-state index in [4.69, 9.17) is 0 Å². The molecule has 0 N–H and O–H groups in total. The van der Waals surface area contributed by atoms with Crippen molar-refractivity contribution >= 4 is 10.9 Å². The molecular weight excluding hydrogens is 183 g/mol. The molecule has 0 fully saturated rings.